The van der Waals surface area contributed by atoms with Crippen molar-refractivity contribution in [1.82, 2.24) is 4.98 Å². The Bertz CT molecular complexity index is 1170. The molecule has 0 fully saturated rings. The molecule has 1 aliphatic rings. The molecule has 0 bridgehead atoms. The zero-order chi connectivity index (χ0) is 22.9. The minimum atomic E-state index is -0.472. The second-order valence-electron chi connectivity index (χ2n) is 9.37. The number of halogens is 1. The number of aromatic nitrogens is 1. The van der Waals surface area contributed by atoms with Crippen LogP contribution in [0.4, 0.5) is 5.69 Å². The number of carbonyl (C=O) groups excluding carboxylic acids is 2. The van der Waals surface area contributed by atoms with Crippen LogP contribution in [0.2, 0.25) is 0 Å². The molecular formula is C26H27BrN2O3. The highest BCUT2D eigenvalue weighted by atomic mass is 79.9. The van der Waals surface area contributed by atoms with Gasteiger partial charge in [-0.15, -0.1) is 0 Å². The number of nitrogens with one attached hydrogen (secondary N) is 1. The minimum absolute atomic E-state index is 0.134. The molecule has 6 heteroatoms. The monoisotopic (exact) mass is 494 g/mol. The number of hydrogen-bond donors (Lipinski definition) is 1. The highest BCUT2D eigenvalue weighted by molar-refractivity contribution is 9.10. The average Bonchev–Trinajstić information content (AvgIpc) is 2.76. The van der Waals surface area contributed by atoms with Crippen molar-refractivity contribution in [3.8, 4) is 0 Å². The molecule has 3 aromatic rings. The number of amides is 1. The zero-order valence-corrected chi connectivity index (χ0v) is 20.2. The van der Waals surface area contributed by atoms with E-state index in [0.29, 0.717) is 17.2 Å². The minimum Gasteiger partial charge on any atom is -0.452 e. The number of pyridine rings is 1. The summed E-state index contributed by atoms with van der Waals surface area (Å²) in [4.78, 5) is 30.5. The summed E-state index contributed by atoms with van der Waals surface area (Å²) in [5, 5.41) is 3.53. The summed E-state index contributed by atoms with van der Waals surface area (Å²) < 4.78 is 6.41. The first-order chi connectivity index (χ1) is 15.2. The summed E-state index contributed by atoms with van der Waals surface area (Å²) in [5.41, 5.74) is 4.05. The van der Waals surface area contributed by atoms with Crippen LogP contribution in [0.15, 0.2) is 53.0 Å². The molecule has 0 radical (unpaired) electrons. The first-order valence-corrected chi connectivity index (χ1v) is 11.6. The van der Waals surface area contributed by atoms with Crippen molar-refractivity contribution in [2.75, 3.05) is 11.9 Å². The van der Waals surface area contributed by atoms with Crippen LogP contribution in [0.3, 0.4) is 0 Å². The van der Waals surface area contributed by atoms with Gasteiger partial charge in [0.05, 0.1) is 11.1 Å². The normalized spacial score (nSPS) is 15.8. The highest BCUT2D eigenvalue weighted by Crippen LogP contribution is 2.39. The second kappa shape index (κ2) is 9.02. The third-order valence-electron chi connectivity index (χ3n) is 6.15. The third kappa shape index (κ3) is 4.85. The van der Waals surface area contributed by atoms with Crippen LogP contribution in [0.25, 0.3) is 10.9 Å². The van der Waals surface area contributed by atoms with Gasteiger partial charge < -0.3 is 10.1 Å². The number of ether oxygens (including phenoxy) is 1. The first kappa shape index (κ1) is 22.5. The largest absolute Gasteiger partial charge is 0.452 e. The Balaban J connectivity index is 1.59. The highest BCUT2D eigenvalue weighted by Gasteiger charge is 2.33. The molecule has 1 aromatic heterocycles. The van der Waals surface area contributed by atoms with Crippen molar-refractivity contribution in [1.29, 1.82) is 0 Å². The predicted octanol–water partition coefficient (Wildman–Crippen LogP) is 5.94. The molecule has 2 aromatic carbocycles. The fraction of sp³-hybridized carbons (Fsp3) is 0.346. The zero-order valence-electron chi connectivity index (χ0n) is 18.6. The molecule has 1 aliphatic carbocycles. The molecule has 5 nitrogen and oxygen atoms in total. The lowest BCUT2D eigenvalue weighted by Gasteiger charge is -2.35. The van der Waals surface area contributed by atoms with Gasteiger partial charge >= 0.3 is 5.97 Å². The van der Waals surface area contributed by atoms with Crippen LogP contribution in [0.5, 0.6) is 0 Å². The van der Waals surface area contributed by atoms with Crippen molar-refractivity contribution < 1.29 is 14.3 Å². The number of hydrogen-bond acceptors (Lipinski definition) is 4. The molecular weight excluding hydrogens is 468 g/mol. The smallest absolute Gasteiger partial charge is 0.339 e. The van der Waals surface area contributed by atoms with Crippen LogP contribution >= 0.6 is 15.9 Å². The summed E-state index contributed by atoms with van der Waals surface area (Å²) in [7, 11) is 0. The lowest BCUT2D eigenvalue weighted by molar-refractivity contribution is -0.119. The molecule has 32 heavy (non-hydrogen) atoms. The van der Waals surface area contributed by atoms with Crippen molar-refractivity contribution in [3.05, 3.63) is 69.8 Å². The third-order valence-corrected chi connectivity index (χ3v) is 6.68. The van der Waals surface area contributed by atoms with Gasteiger partial charge in [0.15, 0.2) is 6.61 Å². The molecule has 0 aliphatic heterocycles. The maximum atomic E-state index is 13.3. The number of aryl methyl sites for hydroxylation is 1. The van der Waals surface area contributed by atoms with E-state index in [-0.39, 0.29) is 17.9 Å². The van der Waals surface area contributed by atoms with E-state index in [1.54, 1.807) is 12.1 Å². The first-order valence-electron chi connectivity index (χ1n) is 10.9. The molecule has 1 atom stereocenters. The van der Waals surface area contributed by atoms with Gasteiger partial charge in [0.1, 0.15) is 0 Å². The van der Waals surface area contributed by atoms with E-state index < -0.39 is 5.97 Å². The number of nitrogens with zero attached hydrogens (tertiary/aromatic N) is 1. The Hall–Kier alpha value is -2.73. The van der Waals surface area contributed by atoms with Crippen molar-refractivity contribution in [2.45, 2.75) is 40.0 Å². The maximum absolute atomic E-state index is 13.3. The van der Waals surface area contributed by atoms with Gasteiger partial charge in [-0.2, -0.15) is 0 Å². The number of para-hydroxylation sites is 1. The molecule has 0 saturated carbocycles. The Labute approximate surface area is 196 Å². The fourth-order valence-corrected chi connectivity index (χ4v) is 4.56. The number of anilines is 1. The van der Waals surface area contributed by atoms with E-state index in [4.69, 9.17) is 9.72 Å². The summed E-state index contributed by atoms with van der Waals surface area (Å²) >= 11 is 3.37. The van der Waals surface area contributed by atoms with Gasteiger partial charge in [-0.25, -0.2) is 4.79 Å². The van der Waals surface area contributed by atoms with Crippen LogP contribution in [0, 0.1) is 11.3 Å². The fourth-order valence-electron chi connectivity index (χ4n) is 4.29. The maximum Gasteiger partial charge on any atom is 0.339 e. The van der Waals surface area contributed by atoms with E-state index in [1.807, 2.05) is 36.4 Å². The molecule has 1 amide bonds. The lowest BCUT2D eigenvalue weighted by atomic mass is 9.70. The van der Waals surface area contributed by atoms with Crippen LogP contribution in [-0.2, 0) is 22.4 Å². The summed E-state index contributed by atoms with van der Waals surface area (Å²) in [6.45, 7) is 6.37. The number of esters is 1. The molecule has 166 valence electrons. The van der Waals surface area contributed by atoms with Crippen LogP contribution in [-0.4, -0.2) is 23.5 Å². The van der Waals surface area contributed by atoms with Crippen LogP contribution < -0.4 is 5.32 Å². The number of benzene rings is 2. The molecule has 0 spiro atoms. The van der Waals surface area contributed by atoms with Crippen molar-refractivity contribution in [2.24, 2.45) is 11.3 Å². The average molecular weight is 495 g/mol. The van der Waals surface area contributed by atoms with E-state index >= 15 is 0 Å². The topological polar surface area (TPSA) is 68.3 Å². The Morgan fingerprint density at radius 1 is 1.12 bits per heavy atom. The SMILES string of the molecule is CC(C)(C)C1CCc2nc3ccccc3c(C(=O)OCC(=O)Nc3ccc(Br)cc3)c2C1. The predicted molar refractivity (Wildman–Crippen MR) is 130 cm³/mol. The summed E-state index contributed by atoms with van der Waals surface area (Å²) in [6, 6.07) is 14.9. The van der Waals surface area contributed by atoms with Crippen molar-refractivity contribution >= 4 is 44.4 Å². The molecule has 1 unspecified atom stereocenters. The van der Waals surface area contributed by atoms with E-state index in [0.717, 1.165) is 45.9 Å². The quantitative estimate of drug-likeness (QED) is 0.455. The summed E-state index contributed by atoms with van der Waals surface area (Å²) in [5.74, 6) is -0.397. The van der Waals surface area contributed by atoms with Gasteiger partial charge in [-0.3, -0.25) is 9.78 Å². The van der Waals surface area contributed by atoms with E-state index in [1.165, 1.54) is 0 Å². The molecule has 1 heterocycles. The summed E-state index contributed by atoms with van der Waals surface area (Å²) in [6.07, 6.45) is 2.67. The van der Waals surface area contributed by atoms with E-state index in [2.05, 4.69) is 42.0 Å². The van der Waals surface area contributed by atoms with Gasteiger partial charge in [0.25, 0.3) is 5.91 Å². The van der Waals surface area contributed by atoms with Gasteiger partial charge in [-0.1, -0.05) is 54.9 Å². The Kier molecular flexibility index (Phi) is 6.33. The lowest BCUT2D eigenvalue weighted by Crippen LogP contribution is -2.29. The number of fused-ring (bicyclic) bond motifs is 2. The molecule has 0 saturated heterocycles. The molecule has 1 N–H and O–H groups in total. The number of carbonyl (C=O) groups is 2. The van der Waals surface area contributed by atoms with E-state index in [9.17, 15) is 9.59 Å². The molecule has 4 rings (SSSR count). The standard InChI is InChI=1S/C26H27BrN2O3/c1-26(2,3)16-8-13-22-20(14-16)24(19-6-4-5-7-21(19)29-22)25(31)32-15-23(30)28-18-11-9-17(27)10-12-18/h4-7,9-12,16H,8,13-15H2,1-3H3,(H,28,30). The Morgan fingerprint density at radius 3 is 2.56 bits per heavy atom. The Morgan fingerprint density at radius 2 is 1.84 bits per heavy atom. The number of rotatable bonds is 4. The van der Waals surface area contributed by atoms with Gasteiger partial charge in [-0.05, 0) is 66.5 Å². The van der Waals surface area contributed by atoms with Gasteiger partial charge in [0, 0.05) is 21.2 Å². The van der Waals surface area contributed by atoms with Crippen molar-refractivity contribution in [3.63, 3.8) is 0 Å². The second-order valence-corrected chi connectivity index (χ2v) is 10.3. The van der Waals surface area contributed by atoms with Gasteiger partial charge in [0.2, 0.25) is 0 Å². The van der Waals surface area contributed by atoms with Crippen LogP contribution in [0.1, 0.15) is 48.8 Å².